The molecule has 4 aromatic rings. The molecule has 0 N–H and O–H groups in total. The maximum atomic E-state index is 4.58. The molecule has 4 aromatic carbocycles. The van der Waals surface area contributed by atoms with E-state index in [4.69, 9.17) is 0 Å². The van der Waals surface area contributed by atoms with Crippen LogP contribution in [0, 0.1) is 0 Å². The van der Waals surface area contributed by atoms with E-state index >= 15 is 0 Å². The summed E-state index contributed by atoms with van der Waals surface area (Å²) in [5.74, 6) is 0. The summed E-state index contributed by atoms with van der Waals surface area (Å²) >= 11 is 9.16. The van der Waals surface area contributed by atoms with Gasteiger partial charge in [-0.25, -0.2) is 0 Å². The van der Waals surface area contributed by atoms with Gasteiger partial charge < -0.3 is 0 Å². The molecule has 0 bridgehead atoms. The first kappa shape index (κ1) is 22.8. The van der Waals surface area contributed by atoms with Gasteiger partial charge in [-0.15, -0.1) is 25.3 Å². The van der Waals surface area contributed by atoms with Gasteiger partial charge in [-0.1, -0.05) is 98.8 Å². The molecule has 162 valence electrons. The smallest absolute Gasteiger partial charge is 0.0337 e. The van der Waals surface area contributed by atoms with Crippen LogP contribution in [0.1, 0.15) is 48.9 Å². The minimum Gasteiger partial charge on any atom is -0.143 e. The van der Waals surface area contributed by atoms with Crippen molar-refractivity contribution in [2.45, 2.75) is 47.3 Å². The van der Waals surface area contributed by atoms with Crippen molar-refractivity contribution in [2.75, 3.05) is 0 Å². The van der Waals surface area contributed by atoms with E-state index in [9.17, 15) is 0 Å². The lowest BCUT2D eigenvalue weighted by Crippen LogP contribution is -2.50. The highest BCUT2D eigenvalue weighted by atomic mass is 32.1. The van der Waals surface area contributed by atoms with Gasteiger partial charge in [0.1, 0.15) is 0 Å². The molecule has 4 rings (SSSR count). The Hall–Kier alpha value is -2.42. The van der Waals surface area contributed by atoms with Gasteiger partial charge in [-0.2, -0.15) is 0 Å². The number of benzene rings is 4. The van der Waals surface area contributed by atoms with Crippen LogP contribution in [0.2, 0.25) is 0 Å². The first-order chi connectivity index (χ1) is 15.6. The minimum absolute atomic E-state index is 0.274. The van der Waals surface area contributed by atoms with Crippen molar-refractivity contribution in [1.29, 1.82) is 0 Å². The third kappa shape index (κ3) is 3.70. The van der Waals surface area contributed by atoms with E-state index in [0.29, 0.717) is 0 Å². The minimum atomic E-state index is -0.274. The molecular weight excluding hydrogens is 424 g/mol. The summed E-state index contributed by atoms with van der Waals surface area (Å²) in [6, 6.07) is 39.5. The van der Waals surface area contributed by atoms with Gasteiger partial charge in [0.05, 0.1) is 0 Å². The number of thiol groups is 2. The van der Waals surface area contributed by atoms with Crippen LogP contribution in [-0.2, 0) is 10.8 Å². The molecule has 0 nitrogen and oxygen atoms in total. The van der Waals surface area contributed by atoms with Crippen molar-refractivity contribution in [2.24, 2.45) is 0 Å². The third-order valence-electron chi connectivity index (χ3n) is 7.04. The predicted molar refractivity (Wildman–Crippen MR) is 142 cm³/mol. The topological polar surface area (TPSA) is 0 Å². The molecule has 32 heavy (non-hydrogen) atoms. The van der Waals surface area contributed by atoms with Crippen LogP contribution in [0.25, 0.3) is 0 Å². The molecule has 0 spiro atoms. The van der Waals surface area contributed by atoms with Crippen molar-refractivity contribution in [1.82, 2.24) is 0 Å². The van der Waals surface area contributed by atoms with Gasteiger partial charge in [0.2, 0.25) is 0 Å². The van der Waals surface area contributed by atoms with Crippen LogP contribution in [0.3, 0.4) is 0 Å². The molecule has 2 unspecified atom stereocenters. The largest absolute Gasteiger partial charge is 0.143 e. The average molecular weight is 455 g/mol. The van der Waals surface area contributed by atoms with Crippen LogP contribution < -0.4 is 0 Å². The van der Waals surface area contributed by atoms with E-state index < -0.39 is 0 Å². The predicted octanol–water partition coefficient (Wildman–Crippen LogP) is 8.36. The summed E-state index contributed by atoms with van der Waals surface area (Å²) in [6.07, 6.45) is 1.91. The molecule has 0 aromatic heterocycles. The first-order valence-electron chi connectivity index (χ1n) is 11.3. The van der Waals surface area contributed by atoms with E-state index in [0.717, 1.165) is 22.6 Å². The Balaban J connectivity index is 2.17. The van der Waals surface area contributed by atoms with Crippen molar-refractivity contribution in [3.8, 4) is 0 Å². The molecule has 2 heteroatoms. The molecule has 0 heterocycles. The number of rotatable bonds is 7. The molecule has 0 aliphatic rings. The highest BCUT2D eigenvalue weighted by Crippen LogP contribution is 2.56. The Kier molecular flexibility index (Phi) is 6.83. The summed E-state index contributed by atoms with van der Waals surface area (Å²) < 4.78 is 0. The quantitative estimate of drug-likeness (QED) is 0.258. The van der Waals surface area contributed by atoms with Crippen LogP contribution in [-0.4, -0.2) is 0 Å². The Morgan fingerprint density at radius 3 is 1.00 bits per heavy atom. The Morgan fingerprint density at radius 2 is 0.719 bits per heavy atom. The molecule has 0 fully saturated rings. The van der Waals surface area contributed by atoms with Gasteiger partial charge in [0.15, 0.2) is 0 Å². The van der Waals surface area contributed by atoms with Crippen LogP contribution in [0.5, 0.6) is 0 Å². The van der Waals surface area contributed by atoms with Crippen molar-refractivity contribution in [3.63, 3.8) is 0 Å². The molecule has 0 saturated heterocycles. The average Bonchev–Trinajstić information content (AvgIpc) is 2.85. The summed E-state index contributed by atoms with van der Waals surface area (Å²) in [7, 11) is 0. The van der Waals surface area contributed by atoms with Crippen molar-refractivity contribution >= 4 is 25.3 Å². The van der Waals surface area contributed by atoms with Gasteiger partial charge in [-0.05, 0) is 59.4 Å². The van der Waals surface area contributed by atoms with E-state index in [-0.39, 0.29) is 10.8 Å². The van der Waals surface area contributed by atoms with Gasteiger partial charge in [0.25, 0.3) is 0 Å². The lowest BCUT2D eigenvalue weighted by Gasteiger charge is -2.52. The highest BCUT2D eigenvalue weighted by Gasteiger charge is 2.53. The fourth-order valence-electron chi connectivity index (χ4n) is 5.68. The zero-order chi connectivity index (χ0) is 22.6. The standard InChI is InChI=1S/C30H30S2/c1-3-29(23-11-7-5-8-12-23,25-15-19-27(31)20-16-25)30(4-2,24-13-9-6-10-14-24)26-17-21-28(32)22-18-26/h5-22,31-32H,3-4H2,1-2H3. The summed E-state index contributed by atoms with van der Waals surface area (Å²) in [6.45, 7) is 4.64. The van der Waals surface area contributed by atoms with Crippen molar-refractivity contribution < 1.29 is 0 Å². The molecule has 2 atom stereocenters. The fraction of sp³-hybridized carbons (Fsp3) is 0.200. The van der Waals surface area contributed by atoms with Gasteiger partial charge >= 0.3 is 0 Å². The second kappa shape index (κ2) is 9.60. The van der Waals surface area contributed by atoms with E-state index in [1.165, 1.54) is 22.3 Å². The van der Waals surface area contributed by atoms with E-state index in [1.54, 1.807) is 0 Å². The Morgan fingerprint density at radius 1 is 0.438 bits per heavy atom. The first-order valence-corrected chi connectivity index (χ1v) is 12.2. The molecule has 0 radical (unpaired) electrons. The lowest BCUT2D eigenvalue weighted by molar-refractivity contribution is 0.285. The second-order valence-corrected chi connectivity index (χ2v) is 9.38. The normalized spacial score (nSPS) is 15.0. The zero-order valence-corrected chi connectivity index (χ0v) is 20.5. The van der Waals surface area contributed by atoms with E-state index in [2.05, 4.69) is 148 Å². The monoisotopic (exact) mass is 454 g/mol. The van der Waals surface area contributed by atoms with Crippen LogP contribution in [0.4, 0.5) is 0 Å². The fourth-order valence-corrected chi connectivity index (χ4v) is 5.97. The van der Waals surface area contributed by atoms with Gasteiger partial charge in [-0.3, -0.25) is 0 Å². The van der Waals surface area contributed by atoms with E-state index in [1.807, 2.05) is 0 Å². The maximum absolute atomic E-state index is 4.58. The number of hydrogen-bond donors (Lipinski definition) is 2. The zero-order valence-electron chi connectivity index (χ0n) is 18.7. The molecule has 0 amide bonds. The maximum Gasteiger partial charge on any atom is 0.0337 e. The summed E-state index contributed by atoms with van der Waals surface area (Å²) in [5.41, 5.74) is 4.73. The summed E-state index contributed by atoms with van der Waals surface area (Å²) in [5, 5.41) is 0. The van der Waals surface area contributed by atoms with Crippen molar-refractivity contribution in [3.05, 3.63) is 131 Å². The summed E-state index contributed by atoms with van der Waals surface area (Å²) in [4.78, 5) is 1.96. The molecular formula is C30H30S2. The second-order valence-electron chi connectivity index (χ2n) is 8.34. The lowest BCUT2D eigenvalue weighted by atomic mass is 9.49. The SMILES string of the molecule is CCC(c1ccccc1)(c1ccc(S)cc1)C(CC)(c1ccccc1)c1ccc(S)cc1. The molecule has 0 saturated carbocycles. The third-order valence-corrected chi connectivity index (χ3v) is 7.64. The van der Waals surface area contributed by atoms with Crippen LogP contribution >= 0.6 is 25.3 Å². The highest BCUT2D eigenvalue weighted by molar-refractivity contribution is 7.80. The Labute approximate surface area is 203 Å². The molecule has 0 aliphatic carbocycles. The Bertz CT molecular complexity index is 1040. The molecule has 0 aliphatic heterocycles. The van der Waals surface area contributed by atoms with Crippen LogP contribution in [0.15, 0.2) is 119 Å². The number of hydrogen-bond acceptors (Lipinski definition) is 2. The van der Waals surface area contributed by atoms with Gasteiger partial charge in [0, 0.05) is 20.6 Å².